The number of carbonyl (C=O) groups excluding carboxylic acids is 1. The predicted octanol–water partition coefficient (Wildman–Crippen LogP) is 2.42. The molecule has 6 heteroatoms. The largest absolute Gasteiger partial charge is 0.484 e. The number of ether oxygens (including phenoxy) is 1. The molecule has 6 nitrogen and oxygen atoms in total. The molecule has 0 spiro atoms. The third-order valence-corrected chi connectivity index (χ3v) is 2.96. The van der Waals surface area contributed by atoms with Gasteiger partial charge in [-0.15, -0.1) is 10.2 Å². The number of carbonyl (C=O) groups is 1. The summed E-state index contributed by atoms with van der Waals surface area (Å²) in [6.45, 7) is 4.08. The van der Waals surface area contributed by atoms with Crippen molar-refractivity contribution in [2.24, 2.45) is 0 Å². The summed E-state index contributed by atoms with van der Waals surface area (Å²) in [5, 5.41) is 10.3. The van der Waals surface area contributed by atoms with Gasteiger partial charge in [-0.05, 0) is 37.6 Å². The minimum atomic E-state index is -0.114. The second-order valence-electron chi connectivity index (χ2n) is 4.81. The van der Waals surface area contributed by atoms with Crippen molar-refractivity contribution in [1.29, 1.82) is 0 Å². The van der Waals surface area contributed by atoms with Crippen molar-refractivity contribution in [2.45, 2.75) is 32.7 Å². The zero-order chi connectivity index (χ0) is 15.1. The van der Waals surface area contributed by atoms with E-state index in [1.54, 1.807) is 24.3 Å². The SMILES string of the molecule is CCCC(C)NC(=O)COc1ccc(-c2nnco2)cc1. The van der Waals surface area contributed by atoms with Crippen LogP contribution in [-0.4, -0.2) is 28.8 Å². The summed E-state index contributed by atoms with van der Waals surface area (Å²) in [5.41, 5.74) is 0.806. The fourth-order valence-corrected chi connectivity index (χ4v) is 1.96. The maximum absolute atomic E-state index is 11.7. The molecular weight excluding hydrogens is 270 g/mol. The molecule has 0 saturated carbocycles. The van der Waals surface area contributed by atoms with Crippen molar-refractivity contribution in [1.82, 2.24) is 15.5 Å². The Morgan fingerprint density at radius 1 is 1.38 bits per heavy atom. The van der Waals surface area contributed by atoms with Gasteiger partial charge in [-0.3, -0.25) is 4.79 Å². The van der Waals surface area contributed by atoms with Crippen molar-refractivity contribution in [3.63, 3.8) is 0 Å². The minimum Gasteiger partial charge on any atom is -0.484 e. The molecule has 21 heavy (non-hydrogen) atoms. The lowest BCUT2D eigenvalue weighted by Crippen LogP contribution is -2.35. The maximum atomic E-state index is 11.7. The summed E-state index contributed by atoms with van der Waals surface area (Å²) in [7, 11) is 0. The Morgan fingerprint density at radius 2 is 2.14 bits per heavy atom. The van der Waals surface area contributed by atoms with E-state index < -0.39 is 0 Å². The van der Waals surface area contributed by atoms with E-state index in [0.29, 0.717) is 11.6 Å². The van der Waals surface area contributed by atoms with Gasteiger partial charge in [0.1, 0.15) is 5.75 Å². The molecule has 0 radical (unpaired) electrons. The summed E-state index contributed by atoms with van der Waals surface area (Å²) >= 11 is 0. The van der Waals surface area contributed by atoms with Crippen LogP contribution in [0.3, 0.4) is 0 Å². The third-order valence-electron chi connectivity index (χ3n) is 2.96. The van der Waals surface area contributed by atoms with Crippen LogP contribution in [0.5, 0.6) is 5.75 Å². The number of rotatable bonds is 7. The number of nitrogens with one attached hydrogen (secondary N) is 1. The van der Waals surface area contributed by atoms with Gasteiger partial charge in [0.05, 0.1) is 0 Å². The van der Waals surface area contributed by atoms with Gasteiger partial charge in [-0.25, -0.2) is 0 Å². The lowest BCUT2D eigenvalue weighted by molar-refractivity contribution is -0.123. The van der Waals surface area contributed by atoms with Crippen LogP contribution in [0.15, 0.2) is 35.1 Å². The van der Waals surface area contributed by atoms with Crippen LogP contribution in [-0.2, 0) is 4.79 Å². The molecule has 1 N–H and O–H groups in total. The van der Waals surface area contributed by atoms with Gasteiger partial charge >= 0.3 is 0 Å². The number of hydrogen-bond acceptors (Lipinski definition) is 5. The van der Waals surface area contributed by atoms with E-state index in [1.165, 1.54) is 6.39 Å². The Labute approximate surface area is 123 Å². The first-order valence-electron chi connectivity index (χ1n) is 6.97. The highest BCUT2D eigenvalue weighted by Gasteiger charge is 2.08. The monoisotopic (exact) mass is 289 g/mol. The summed E-state index contributed by atoms with van der Waals surface area (Å²) in [6, 6.07) is 7.32. The fourth-order valence-electron chi connectivity index (χ4n) is 1.96. The molecule has 2 aromatic rings. The average Bonchev–Trinajstić information content (AvgIpc) is 3.00. The van der Waals surface area contributed by atoms with Crippen LogP contribution < -0.4 is 10.1 Å². The fraction of sp³-hybridized carbons (Fsp3) is 0.400. The Morgan fingerprint density at radius 3 is 2.76 bits per heavy atom. The van der Waals surface area contributed by atoms with Crippen LogP contribution in [0.25, 0.3) is 11.5 Å². The second-order valence-corrected chi connectivity index (χ2v) is 4.81. The number of amides is 1. The maximum Gasteiger partial charge on any atom is 0.258 e. The highest BCUT2D eigenvalue weighted by Crippen LogP contribution is 2.20. The molecule has 1 heterocycles. The number of aromatic nitrogens is 2. The van der Waals surface area contributed by atoms with Crippen molar-refractivity contribution in [2.75, 3.05) is 6.61 Å². The Kier molecular flexibility index (Phi) is 5.31. The quantitative estimate of drug-likeness (QED) is 0.847. The molecule has 1 amide bonds. The van der Waals surface area contributed by atoms with E-state index in [1.807, 2.05) is 6.92 Å². The Balaban J connectivity index is 1.82. The first-order chi connectivity index (χ1) is 10.2. The van der Waals surface area contributed by atoms with Crippen molar-refractivity contribution < 1.29 is 13.9 Å². The molecular formula is C15H19N3O3. The van der Waals surface area contributed by atoms with E-state index >= 15 is 0 Å². The van der Waals surface area contributed by atoms with Crippen LogP contribution >= 0.6 is 0 Å². The first-order valence-corrected chi connectivity index (χ1v) is 6.97. The Bertz CT molecular complexity index is 552. The average molecular weight is 289 g/mol. The van der Waals surface area contributed by atoms with Gasteiger partial charge in [0.15, 0.2) is 6.61 Å². The topological polar surface area (TPSA) is 77.2 Å². The molecule has 0 fully saturated rings. The smallest absolute Gasteiger partial charge is 0.258 e. The zero-order valence-electron chi connectivity index (χ0n) is 12.2. The highest BCUT2D eigenvalue weighted by molar-refractivity contribution is 5.77. The van der Waals surface area contributed by atoms with Crippen LogP contribution in [0, 0.1) is 0 Å². The lowest BCUT2D eigenvalue weighted by Gasteiger charge is -2.13. The number of hydrogen-bond donors (Lipinski definition) is 1. The standard InChI is InChI=1S/C15H19N3O3/c1-3-4-11(2)17-14(19)9-20-13-7-5-12(6-8-13)15-18-16-10-21-15/h5-8,10-11H,3-4,9H2,1-2H3,(H,17,19). The van der Waals surface area contributed by atoms with Gasteiger partial charge in [0, 0.05) is 11.6 Å². The van der Waals surface area contributed by atoms with Crippen molar-refractivity contribution in [3.05, 3.63) is 30.7 Å². The van der Waals surface area contributed by atoms with E-state index in [0.717, 1.165) is 18.4 Å². The van der Waals surface area contributed by atoms with Gasteiger partial charge in [-0.2, -0.15) is 0 Å². The minimum absolute atomic E-state index is 0.00790. The molecule has 0 aliphatic rings. The van der Waals surface area contributed by atoms with Gasteiger partial charge in [-0.1, -0.05) is 13.3 Å². The summed E-state index contributed by atoms with van der Waals surface area (Å²) in [6.07, 6.45) is 3.28. The summed E-state index contributed by atoms with van der Waals surface area (Å²) < 4.78 is 10.5. The third kappa shape index (κ3) is 4.59. The van der Waals surface area contributed by atoms with Gasteiger partial charge in [0.2, 0.25) is 12.3 Å². The van der Waals surface area contributed by atoms with E-state index in [4.69, 9.17) is 9.15 Å². The lowest BCUT2D eigenvalue weighted by atomic mass is 10.2. The molecule has 0 aliphatic heterocycles. The summed E-state index contributed by atoms with van der Waals surface area (Å²) in [5.74, 6) is 0.959. The molecule has 1 unspecified atom stereocenters. The first kappa shape index (κ1) is 15.0. The molecule has 1 atom stereocenters. The molecule has 0 saturated heterocycles. The van der Waals surface area contributed by atoms with Gasteiger partial charge < -0.3 is 14.5 Å². The van der Waals surface area contributed by atoms with E-state index in [-0.39, 0.29) is 18.6 Å². The molecule has 2 rings (SSSR count). The van der Waals surface area contributed by atoms with Crippen LogP contribution in [0.1, 0.15) is 26.7 Å². The van der Waals surface area contributed by atoms with E-state index in [2.05, 4.69) is 22.4 Å². The Hall–Kier alpha value is -2.37. The normalized spacial score (nSPS) is 11.9. The molecule has 112 valence electrons. The summed E-state index contributed by atoms with van der Waals surface area (Å²) in [4.78, 5) is 11.7. The molecule has 1 aromatic carbocycles. The van der Waals surface area contributed by atoms with Crippen LogP contribution in [0.4, 0.5) is 0 Å². The zero-order valence-corrected chi connectivity index (χ0v) is 12.2. The molecule has 0 aliphatic carbocycles. The second kappa shape index (κ2) is 7.42. The predicted molar refractivity (Wildman–Crippen MR) is 77.7 cm³/mol. The number of nitrogens with zero attached hydrogens (tertiary/aromatic N) is 2. The molecule has 0 bridgehead atoms. The highest BCUT2D eigenvalue weighted by atomic mass is 16.5. The van der Waals surface area contributed by atoms with Crippen LogP contribution in [0.2, 0.25) is 0 Å². The van der Waals surface area contributed by atoms with Crippen molar-refractivity contribution in [3.8, 4) is 17.2 Å². The van der Waals surface area contributed by atoms with E-state index in [9.17, 15) is 4.79 Å². The molecule has 1 aromatic heterocycles. The number of benzene rings is 1. The van der Waals surface area contributed by atoms with Gasteiger partial charge in [0.25, 0.3) is 5.91 Å². The van der Waals surface area contributed by atoms with Crippen molar-refractivity contribution >= 4 is 5.91 Å².